The summed E-state index contributed by atoms with van der Waals surface area (Å²) >= 11 is 1.30. The maximum atomic E-state index is 13.1. The lowest BCUT2D eigenvalue weighted by molar-refractivity contribution is 0.210. The molecule has 3 N–H and O–H groups in total. The number of nitrogens with one attached hydrogen (secondary N) is 2. The van der Waals surface area contributed by atoms with Gasteiger partial charge in [0.15, 0.2) is 0 Å². The Morgan fingerprint density at radius 1 is 1.28 bits per heavy atom. The molecular formula is C17H15FN4O2S. The Hall–Kier alpha value is -3.00. The Morgan fingerprint density at radius 2 is 2.04 bits per heavy atom. The largest absolute Gasteiger partial charge is 0.465 e. The normalized spacial score (nSPS) is 10.5. The summed E-state index contributed by atoms with van der Waals surface area (Å²) in [5, 5.41) is 14.9. The topological polar surface area (TPSA) is 87.1 Å². The predicted octanol–water partition coefficient (Wildman–Crippen LogP) is 4.07. The molecule has 1 amide bonds. The van der Waals surface area contributed by atoms with Gasteiger partial charge in [-0.2, -0.15) is 0 Å². The Kier molecular flexibility index (Phi) is 4.90. The third kappa shape index (κ3) is 4.10. The van der Waals surface area contributed by atoms with Crippen LogP contribution in [0.2, 0.25) is 0 Å². The van der Waals surface area contributed by atoms with Gasteiger partial charge in [0.05, 0.1) is 10.6 Å². The van der Waals surface area contributed by atoms with Crippen LogP contribution in [0.25, 0.3) is 10.6 Å². The highest BCUT2D eigenvalue weighted by Crippen LogP contribution is 2.36. The minimum atomic E-state index is -1.13. The Morgan fingerprint density at radius 3 is 2.72 bits per heavy atom. The van der Waals surface area contributed by atoms with E-state index in [1.165, 1.54) is 23.5 Å². The van der Waals surface area contributed by atoms with Gasteiger partial charge in [-0.05, 0) is 35.4 Å². The molecule has 0 aliphatic heterocycles. The van der Waals surface area contributed by atoms with Crippen molar-refractivity contribution in [2.45, 2.75) is 6.42 Å². The van der Waals surface area contributed by atoms with Crippen LogP contribution in [-0.2, 0) is 6.42 Å². The standard InChI is InChI=1S/C17H15FN4O2S/c1-19-16-20-7-6-13(21-16)14-9-11(15(25-14)22-17(23)24)8-10-2-4-12(18)5-3-10/h2-7,9,22H,8H2,1H3,(H,23,24)(H,19,20,21). The Balaban J connectivity index is 1.96. The molecule has 0 saturated carbocycles. The summed E-state index contributed by atoms with van der Waals surface area (Å²) in [6.45, 7) is 0. The average molecular weight is 358 g/mol. The molecule has 25 heavy (non-hydrogen) atoms. The van der Waals surface area contributed by atoms with Gasteiger partial charge in [-0.1, -0.05) is 12.1 Å². The summed E-state index contributed by atoms with van der Waals surface area (Å²) in [5.41, 5.74) is 2.39. The van der Waals surface area contributed by atoms with Gasteiger partial charge >= 0.3 is 6.09 Å². The molecule has 0 fully saturated rings. The molecule has 0 bridgehead atoms. The molecule has 0 spiro atoms. The van der Waals surface area contributed by atoms with E-state index in [4.69, 9.17) is 5.11 Å². The van der Waals surface area contributed by atoms with Gasteiger partial charge in [0.2, 0.25) is 5.95 Å². The van der Waals surface area contributed by atoms with E-state index >= 15 is 0 Å². The van der Waals surface area contributed by atoms with Crippen molar-refractivity contribution in [1.82, 2.24) is 9.97 Å². The minimum Gasteiger partial charge on any atom is -0.465 e. The number of carboxylic acid groups (broad SMARTS) is 1. The maximum absolute atomic E-state index is 13.1. The molecule has 8 heteroatoms. The molecule has 0 atom stereocenters. The third-order valence-corrected chi connectivity index (χ3v) is 4.58. The van der Waals surface area contributed by atoms with Crippen molar-refractivity contribution in [1.29, 1.82) is 0 Å². The average Bonchev–Trinajstić information content (AvgIpc) is 2.99. The van der Waals surface area contributed by atoms with Crippen LogP contribution in [0.5, 0.6) is 0 Å². The lowest BCUT2D eigenvalue weighted by Crippen LogP contribution is -2.07. The molecule has 3 rings (SSSR count). The number of nitrogens with zero attached hydrogens (tertiary/aromatic N) is 2. The Labute approximate surface area is 147 Å². The van der Waals surface area contributed by atoms with Gasteiger partial charge in [0.25, 0.3) is 0 Å². The van der Waals surface area contributed by atoms with Gasteiger partial charge in [-0.25, -0.2) is 19.2 Å². The first kappa shape index (κ1) is 16.8. The summed E-state index contributed by atoms with van der Waals surface area (Å²) in [6.07, 6.45) is 0.987. The molecule has 1 aromatic carbocycles. The van der Waals surface area contributed by atoms with Crippen LogP contribution < -0.4 is 10.6 Å². The number of halogens is 1. The SMILES string of the molecule is CNc1nccc(-c2cc(Cc3ccc(F)cc3)c(NC(=O)O)s2)n1. The van der Waals surface area contributed by atoms with Crippen molar-refractivity contribution in [3.8, 4) is 10.6 Å². The van der Waals surface area contributed by atoms with Gasteiger partial charge in [-0.3, -0.25) is 5.32 Å². The molecule has 2 heterocycles. The number of benzene rings is 1. The second-order valence-electron chi connectivity index (χ2n) is 5.21. The third-order valence-electron chi connectivity index (χ3n) is 3.47. The van der Waals surface area contributed by atoms with E-state index < -0.39 is 6.09 Å². The number of aromatic nitrogens is 2. The molecular weight excluding hydrogens is 343 g/mol. The van der Waals surface area contributed by atoms with Gasteiger partial charge in [-0.15, -0.1) is 11.3 Å². The zero-order valence-electron chi connectivity index (χ0n) is 13.3. The summed E-state index contributed by atoms with van der Waals surface area (Å²) in [5.74, 6) is 0.179. The fourth-order valence-corrected chi connectivity index (χ4v) is 3.37. The summed E-state index contributed by atoms with van der Waals surface area (Å²) in [4.78, 5) is 20.3. The highest BCUT2D eigenvalue weighted by Gasteiger charge is 2.14. The lowest BCUT2D eigenvalue weighted by Gasteiger charge is -2.03. The van der Waals surface area contributed by atoms with E-state index in [1.807, 2.05) is 6.07 Å². The second-order valence-corrected chi connectivity index (χ2v) is 6.27. The minimum absolute atomic E-state index is 0.306. The number of hydrogen-bond donors (Lipinski definition) is 3. The summed E-state index contributed by atoms with van der Waals surface area (Å²) < 4.78 is 13.1. The first-order valence-electron chi connectivity index (χ1n) is 7.43. The van der Waals surface area contributed by atoms with E-state index in [-0.39, 0.29) is 5.82 Å². The fourth-order valence-electron chi connectivity index (χ4n) is 2.33. The molecule has 6 nitrogen and oxygen atoms in total. The number of carbonyl (C=O) groups is 1. The molecule has 0 radical (unpaired) electrons. The molecule has 2 aromatic heterocycles. The van der Waals surface area contributed by atoms with Crippen LogP contribution >= 0.6 is 11.3 Å². The summed E-state index contributed by atoms with van der Waals surface area (Å²) in [7, 11) is 1.73. The molecule has 0 aliphatic carbocycles. The van der Waals surface area contributed by atoms with Crippen LogP contribution in [0.15, 0.2) is 42.6 Å². The highest BCUT2D eigenvalue weighted by molar-refractivity contribution is 7.19. The number of anilines is 2. The lowest BCUT2D eigenvalue weighted by atomic mass is 10.1. The fraction of sp³-hybridized carbons (Fsp3) is 0.118. The summed E-state index contributed by atoms with van der Waals surface area (Å²) in [6, 6.07) is 9.79. The molecule has 0 aliphatic rings. The zero-order valence-corrected chi connectivity index (χ0v) is 14.1. The Bertz CT molecular complexity index is 896. The van der Waals surface area contributed by atoms with Crippen LogP contribution in [0.1, 0.15) is 11.1 Å². The van der Waals surface area contributed by atoms with Crippen molar-refractivity contribution in [3.63, 3.8) is 0 Å². The number of amides is 1. The smallest absolute Gasteiger partial charge is 0.409 e. The van der Waals surface area contributed by atoms with Crippen molar-refractivity contribution in [3.05, 3.63) is 59.5 Å². The van der Waals surface area contributed by atoms with Crippen LogP contribution in [-0.4, -0.2) is 28.2 Å². The van der Waals surface area contributed by atoms with E-state index in [1.54, 1.807) is 31.4 Å². The van der Waals surface area contributed by atoms with E-state index in [2.05, 4.69) is 20.6 Å². The molecule has 0 unspecified atom stereocenters. The van der Waals surface area contributed by atoms with E-state index in [9.17, 15) is 9.18 Å². The molecule has 0 saturated heterocycles. The first-order chi connectivity index (χ1) is 12.0. The highest BCUT2D eigenvalue weighted by atomic mass is 32.1. The van der Waals surface area contributed by atoms with Crippen molar-refractivity contribution < 1.29 is 14.3 Å². The monoisotopic (exact) mass is 358 g/mol. The quantitative estimate of drug-likeness (QED) is 0.640. The van der Waals surface area contributed by atoms with E-state index in [0.29, 0.717) is 23.1 Å². The second kappa shape index (κ2) is 7.27. The first-order valence-corrected chi connectivity index (χ1v) is 8.25. The van der Waals surface area contributed by atoms with Crippen LogP contribution in [0.4, 0.5) is 20.1 Å². The zero-order chi connectivity index (χ0) is 17.8. The van der Waals surface area contributed by atoms with Crippen LogP contribution in [0, 0.1) is 5.82 Å². The van der Waals surface area contributed by atoms with Gasteiger partial charge in [0.1, 0.15) is 10.8 Å². The van der Waals surface area contributed by atoms with Crippen LogP contribution in [0.3, 0.4) is 0 Å². The van der Waals surface area contributed by atoms with E-state index in [0.717, 1.165) is 16.0 Å². The maximum Gasteiger partial charge on any atom is 0.409 e. The number of thiophene rings is 1. The molecule has 128 valence electrons. The van der Waals surface area contributed by atoms with Crippen molar-refractivity contribution in [2.24, 2.45) is 0 Å². The number of rotatable bonds is 5. The number of hydrogen-bond acceptors (Lipinski definition) is 5. The van der Waals surface area contributed by atoms with Gasteiger partial charge in [0, 0.05) is 19.7 Å². The predicted molar refractivity (Wildman–Crippen MR) is 95.7 cm³/mol. The molecule has 3 aromatic rings. The van der Waals surface area contributed by atoms with Crippen molar-refractivity contribution >= 4 is 28.4 Å². The van der Waals surface area contributed by atoms with Crippen molar-refractivity contribution in [2.75, 3.05) is 17.7 Å². The van der Waals surface area contributed by atoms with Gasteiger partial charge < -0.3 is 10.4 Å².